The Morgan fingerprint density at radius 3 is 2.69 bits per heavy atom. The molecule has 2 aromatic rings. The van der Waals surface area contributed by atoms with Crippen molar-refractivity contribution in [2.24, 2.45) is 0 Å². The first kappa shape index (κ1) is 17.7. The maximum atomic E-state index is 13.1. The van der Waals surface area contributed by atoms with Crippen molar-refractivity contribution in [1.29, 1.82) is 0 Å². The van der Waals surface area contributed by atoms with E-state index in [1.165, 1.54) is 9.87 Å². The van der Waals surface area contributed by atoms with Crippen molar-refractivity contribution in [1.82, 2.24) is 9.21 Å². The minimum Gasteiger partial charge on any atom is -0.469 e. The highest BCUT2D eigenvalue weighted by molar-refractivity contribution is 7.89. The van der Waals surface area contributed by atoms with E-state index in [4.69, 9.17) is 9.15 Å². The van der Waals surface area contributed by atoms with Crippen LogP contribution in [-0.2, 0) is 34.3 Å². The lowest BCUT2D eigenvalue weighted by atomic mass is 10.2. The van der Waals surface area contributed by atoms with Crippen molar-refractivity contribution < 1.29 is 17.6 Å². The molecule has 0 amide bonds. The Morgan fingerprint density at radius 1 is 1.04 bits per heavy atom. The molecule has 0 bridgehead atoms. The van der Waals surface area contributed by atoms with E-state index in [2.05, 4.69) is 4.90 Å². The van der Waals surface area contributed by atoms with Crippen molar-refractivity contribution in [3.05, 3.63) is 53.5 Å². The molecule has 4 rings (SSSR count). The minimum atomic E-state index is -3.49. The van der Waals surface area contributed by atoms with Crippen LogP contribution in [0.15, 0.2) is 45.9 Å². The predicted octanol–water partition coefficient (Wildman–Crippen LogP) is 2.25. The van der Waals surface area contributed by atoms with Gasteiger partial charge in [-0.15, -0.1) is 0 Å². The first-order valence-corrected chi connectivity index (χ1v) is 10.5. The maximum absolute atomic E-state index is 13.1. The molecule has 2 aliphatic rings. The summed E-state index contributed by atoms with van der Waals surface area (Å²) in [7, 11) is -3.49. The number of furan rings is 1. The van der Waals surface area contributed by atoms with Crippen molar-refractivity contribution in [3.8, 4) is 0 Å². The Bertz CT molecular complexity index is 856. The first-order chi connectivity index (χ1) is 12.6. The van der Waals surface area contributed by atoms with Gasteiger partial charge in [0.05, 0.1) is 24.4 Å². The quantitative estimate of drug-likeness (QED) is 0.819. The second-order valence-corrected chi connectivity index (χ2v) is 8.71. The smallest absolute Gasteiger partial charge is 0.243 e. The Hall–Kier alpha value is -1.67. The van der Waals surface area contributed by atoms with Crippen LogP contribution < -0.4 is 0 Å². The van der Waals surface area contributed by atoms with Gasteiger partial charge in [0.25, 0.3) is 0 Å². The molecule has 1 aromatic heterocycles. The topological polar surface area (TPSA) is 63.0 Å². The van der Waals surface area contributed by atoms with Crippen LogP contribution in [0.3, 0.4) is 0 Å². The molecular weight excluding hydrogens is 352 g/mol. The van der Waals surface area contributed by atoms with Gasteiger partial charge in [-0.1, -0.05) is 18.2 Å². The van der Waals surface area contributed by atoms with Gasteiger partial charge in [-0.25, -0.2) is 8.42 Å². The van der Waals surface area contributed by atoms with Crippen molar-refractivity contribution in [3.63, 3.8) is 0 Å². The van der Waals surface area contributed by atoms with E-state index in [0.29, 0.717) is 37.7 Å². The fourth-order valence-corrected chi connectivity index (χ4v) is 5.32. The molecule has 0 atom stereocenters. The van der Waals surface area contributed by atoms with Crippen molar-refractivity contribution >= 4 is 10.0 Å². The number of fused-ring (bicyclic) bond motifs is 1. The van der Waals surface area contributed by atoms with E-state index in [9.17, 15) is 8.42 Å². The van der Waals surface area contributed by atoms with E-state index in [-0.39, 0.29) is 0 Å². The second kappa shape index (κ2) is 7.52. The van der Waals surface area contributed by atoms with E-state index in [1.54, 1.807) is 18.4 Å². The molecule has 1 aromatic carbocycles. The normalized spacial score (nSPS) is 19.8. The minimum absolute atomic E-state index is 0.415. The Kier molecular flexibility index (Phi) is 5.13. The van der Waals surface area contributed by atoms with Crippen molar-refractivity contribution in [2.75, 3.05) is 32.8 Å². The standard InChI is InChI=1S/C19H24N2O4S/c22-26(23,21-9-12-24-13-10-21)19-6-2-1-4-17(19)15-20-8-3-5-18-16(14-20)7-11-25-18/h1-2,4,6-7,11H,3,5,8-10,12-15H2. The van der Waals surface area contributed by atoms with Gasteiger partial charge in [-0.05, 0) is 30.7 Å². The summed E-state index contributed by atoms with van der Waals surface area (Å²) in [6, 6.07) is 9.38. The summed E-state index contributed by atoms with van der Waals surface area (Å²) in [6.45, 7) is 4.07. The number of rotatable bonds is 4. The van der Waals surface area contributed by atoms with Gasteiger partial charge in [0.2, 0.25) is 10.0 Å². The highest BCUT2D eigenvalue weighted by Crippen LogP contribution is 2.25. The van der Waals surface area contributed by atoms with Crippen LogP contribution in [0, 0.1) is 0 Å². The lowest BCUT2D eigenvalue weighted by Crippen LogP contribution is -2.41. The number of ether oxygens (including phenoxy) is 1. The molecule has 0 N–H and O–H groups in total. The fourth-order valence-electron chi connectivity index (χ4n) is 3.70. The molecule has 0 aliphatic carbocycles. The lowest BCUT2D eigenvalue weighted by molar-refractivity contribution is 0.0730. The van der Waals surface area contributed by atoms with Gasteiger partial charge in [0.1, 0.15) is 5.76 Å². The summed E-state index contributed by atoms with van der Waals surface area (Å²) in [4.78, 5) is 2.72. The Morgan fingerprint density at radius 2 is 1.85 bits per heavy atom. The van der Waals surface area contributed by atoms with Crippen molar-refractivity contribution in [2.45, 2.75) is 30.8 Å². The summed E-state index contributed by atoms with van der Waals surface area (Å²) in [5, 5.41) is 0. The number of morpholine rings is 1. The van der Waals surface area contributed by atoms with Crippen LogP contribution >= 0.6 is 0 Å². The first-order valence-electron chi connectivity index (χ1n) is 9.08. The lowest BCUT2D eigenvalue weighted by Gasteiger charge is -2.28. The van der Waals surface area contributed by atoms with Crippen LogP contribution in [0.25, 0.3) is 0 Å². The van der Waals surface area contributed by atoms with Gasteiger partial charge >= 0.3 is 0 Å². The molecule has 26 heavy (non-hydrogen) atoms. The van der Waals surface area contributed by atoms with Gasteiger partial charge in [0.15, 0.2) is 0 Å². The van der Waals surface area contributed by atoms with E-state index in [1.807, 2.05) is 18.2 Å². The van der Waals surface area contributed by atoms with Gasteiger partial charge in [0, 0.05) is 38.2 Å². The maximum Gasteiger partial charge on any atom is 0.243 e. The molecule has 1 fully saturated rings. The van der Waals surface area contributed by atoms with E-state index < -0.39 is 10.0 Å². The number of aryl methyl sites for hydroxylation is 1. The molecule has 0 saturated carbocycles. The molecule has 6 nitrogen and oxygen atoms in total. The third-order valence-corrected chi connectivity index (χ3v) is 7.06. The van der Waals surface area contributed by atoms with Crippen LogP contribution in [0.1, 0.15) is 23.3 Å². The highest BCUT2D eigenvalue weighted by Gasteiger charge is 2.29. The fraction of sp³-hybridized carbons (Fsp3) is 0.474. The number of benzene rings is 1. The molecule has 3 heterocycles. The summed E-state index contributed by atoms with van der Waals surface area (Å²) in [5.41, 5.74) is 2.06. The summed E-state index contributed by atoms with van der Waals surface area (Å²) in [5.74, 6) is 1.06. The molecular formula is C19H24N2O4S. The second-order valence-electron chi connectivity index (χ2n) is 6.81. The van der Waals surface area contributed by atoms with Crippen LogP contribution in [0.4, 0.5) is 0 Å². The highest BCUT2D eigenvalue weighted by atomic mass is 32.2. The summed E-state index contributed by atoms with van der Waals surface area (Å²) >= 11 is 0. The van der Waals surface area contributed by atoms with Gasteiger partial charge < -0.3 is 9.15 Å². The predicted molar refractivity (Wildman–Crippen MR) is 97.2 cm³/mol. The molecule has 0 spiro atoms. The number of hydrogen-bond donors (Lipinski definition) is 0. The van der Waals surface area contributed by atoms with E-state index in [0.717, 1.165) is 37.3 Å². The largest absolute Gasteiger partial charge is 0.469 e. The summed E-state index contributed by atoms with van der Waals surface area (Å²) < 4.78 is 38.6. The molecule has 1 saturated heterocycles. The molecule has 140 valence electrons. The van der Waals surface area contributed by atoms with Crippen LogP contribution in [-0.4, -0.2) is 50.5 Å². The zero-order valence-electron chi connectivity index (χ0n) is 14.8. The van der Waals surface area contributed by atoms with Crippen LogP contribution in [0.2, 0.25) is 0 Å². The SMILES string of the molecule is O=S(=O)(c1ccccc1CN1CCCc2occc2C1)N1CCOCC1. The van der Waals surface area contributed by atoms with Crippen LogP contribution in [0.5, 0.6) is 0 Å². The molecule has 7 heteroatoms. The third-order valence-electron chi connectivity index (χ3n) is 5.06. The molecule has 2 aliphatic heterocycles. The molecule has 0 unspecified atom stereocenters. The average Bonchev–Trinajstić information content (AvgIpc) is 3.01. The number of hydrogen-bond acceptors (Lipinski definition) is 5. The Labute approximate surface area is 154 Å². The number of sulfonamides is 1. The average molecular weight is 376 g/mol. The number of nitrogens with zero attached hydrogens (tertiary/aromatic N) is 2. The monoisotopic (exact) mass is 376 g/mol. The van der Waals surface area contributed by atoms with E-state index >= 15 is 0 Å². The third kappa shape index (κ3) is 3.57. The van der Waals surface area contributed by atoms with Gasteiger partial charge in [-0.3, -0.25) is 4.90 Å². The summed E-state index contributed by atoms with van der Waals surface area (Å²) in [6.07, 6.45) is 3.69. The van der Waals surface area contributed by atoms with Gasteiger partial charge in [-0.2, -0.15) is 4.31 Å². The zero-order chi connectivity index (χ0) is 18.0. The zero-order valence-corrected chi connectivity index (χ0v) is 15.6. The molecule has 0 radical (unpaired) electrons. The Balaban J connectivity index is 1.58.